The molecule has 0 fully saturated rings. The van der Waals surface area contributed by atoms with Crippen molar-refractivity contribution >= 4 is 11.0 Å². The number of likely N-dealkylation sites (N-methyl/N-ethyl adjacent to an activating group) is 1. The third-order valence-corrected chi connectivity index (χ3v) is 3.38. The van der Waals surface area contributed by atoms with E-state index in [0.29, 0.717) is 12.0 Å². The summed E-state index contributed by atoms with van der Waals surface area (Å²) in [6.07, 6.45) is 0. The van der Waals surface area contributed by atoms with Crippen LogP contribution in [0.3, 0.4) is 0 Å². The first kappa shape index (κ1) is 14.1. The molecule has 0 radical (unpaired) electrons. The van der Waals surface area contributed by atoms with Gasteiger partial charge in [0.2, 0.25) is 0 Å². The molecule has 0 aliphatic heterocycles. The molecule has 0 bridgehead atoms. The van der Waals surface area contributed by atoms with E-state index in [-0.39, 0.29) is 0 Å². The average molecular weight is 260 g/mol. The highest BCUT2D eigenvalue weighted by Crippen LogP contribution is 2.18. The van der Waals surface area contributed by atoms with Gasteiger partial charge >= 0.3 is 0 Å². The Bertz CT molecular complexity index is 483. The maximum Gasteiger partial charge on any atom is 0.134 e. The van der Waals surface area contributed by atoms with Gasteiger partial charge in [-0.1, -0.05) is 32.0 Å². The van der Waals surface area contributed by atoms with E-state index >= 15 is 0 Å². The van der Waals surface area contributed by atoms with Gasteiger partial charge in [-0.15, -0.1) is 0 Å². The summed E-state index contributed by atoms with van der Waals surface area (Å²) in [5, 5.41) is 4.77. The van der Waals surface area contributed by atoms with Gasteiger partial charge in [-0.2, -0.15) is 0 Å². The van der Waals surface area contributed by atoms with Crippen molar-refractivity contribution in [1.82, 2.24) is 10.2 Å². The minimum Gasteiger partial charge on any atom is -0.460 e. The predicted molar refractivity (Wildman–Crippen MR) is 80.2 cm³/mol. The van der Waals surface area contributed by atoms with Crippen molar-refractivity contribution in [3.05, 3.63) is 36.1 Å². The highest BCUT2D eigenvalue weighted by molar-refractivity contribution is 5.77. The van der Waals surface area contributed by atoms with E-state index < -0.39 is 0 Å². The van der Waals surface area contributed by atoms with Gasteiger partial charge in [0.25, 0.3) is 0 Å². The van der Waals surface area contributed by atoms with Crippen molar-refractivity contribution in [2.45, 2.75) is 26.4 Å². The third kappa shape index (κ3) is 3.82. The Hall–Kier alpha value is -1.32. The van der Waals surface area contributed by atoms with E-state index in [1.165, 1.54) is 5.39 Å². The minimum atomic E-state index is 0.475. The summed E-state index contributed by atoms with van der Waals surface area (Å²) in [7, 11) is 4.22. The first-order chi connectivity index (χ1) is 9.06. The van der Waals surface area contributed by atoms with Crippen LogP contribution in [0, 0.1) is 5.92 Å². The van der Waals surface area contributed by atoms with E-state index in [9.17, 15) is 0 Å². The number of nitrogens with one attached hydrogen (secondary N) is 1. The maximum absolute atomic E-state index is 5.83. The lowest BCUT2D eigenvalue weighted by Crippen LogP contribution is -2.41. The molecule has 1 aromatic carbocycles. The number of furan rings is 1. The zero-order chi connectivity index (χ0) is 13.8. The smallest absolute Gasteiger partial charge is 0.134 e. The zero-order valence-electron chi connectivity index (χ0n) is 12.3. The quantitative estimate of drug-likeness (QED) is 0.865. The Labute approximate surface area is 115 Å². The normalized spacial score (nSPS) is 13.6. The molecule has 2 aromatic rings. The van der Waals surface area contributed by atoms with Gasteiger partial charge in [-0.25, -0.2) is 0 Å². The van der Waals surface area contributed by atoms with Crippen LogP contribution in [0.25, 0.3) is 11.0 Å². The fourth-order valence-electron chi connectivity index (χ4n) is 2.26. The van der Waals surface area contributed by atoms with E-state index in [1.807, 2.05) is 18.2 Å². The monoisotopic (exact) mass is 260 g/mol. The molecule has 0 amide bonds. The molecule has 3 nitrogen and oxygen atoms in total. The summed E-state index contributed by atoms with van der Waals surface area (Å²) in [5.41, 5.74) is 0.966. The van der Waals surface area contributed by atoms with Crippen LogP contribution >= 0.6 is 0 Å². The van der Waals surface area contributed by atoms with Crippen LogP contribution in [0.4, 0.5) is 0 Å². The van der Waals surface area contributed by atoms with Crippen LogP contribution in [-0.4, -0.2) is 31.6 Å². The number of hydrogen-bond donors (Lipinski definition) is 1. The number of benzene rings is 1. The Morgan fingerprint density at radius 1 is 1.21 bits per heavy atom. The molecule has 19 heavy (non-hydrogen) atoms. The number of hydrogen-bond acceptors (Lipinski definition) is 3. The van der Waals surface area contributed by atoms with Crippen LogP contribution in [0.1, 0.15) is 19.6 Å². The van der Waals surface area contributed by atoms with Gasteiger partial charge in [0.15, 0.2) is 0 Å². The first-order valence-corrected chi connectivity index (χ1v) is 6.92. The second kappa shape index (κ2) is 6.22. The molecule has 0 aliphatic rings. The largest absolute Gasteiger partial charge is 0.460 e. The molecule has 1 N–H and O–H groups in total. The van der Waals surface area contributed by atoms with E-state index in [4.69, 9.17) is 4.42 Å². The van der Waals surface area contributed by atoms with Crippen molar-refractivity contribution < 1.29 is 4.42 Å². The van der Waals surface area contributed by atoms with Crippen LogP contribution in [0.15, 0.2) is 34.7 Å². The number of rotatable bonds is 6. The second-order valence-corrected chi connectivity index (χ2v) is 5.74. The SMILES string of the molecule is CC(C)C(CN(C)C)NCc1cc2ccccc2o1. The van der Waals surface area contributed by atoms with E-state index in [2.05, 4.69) is 50.3 Å². The predicted octanol–water partition coefficient (Wildman–Crippen LogP) is 3.11. The van der Waals surface area contributed by atoms with E-state index in [1.54, 1.807) is 0 Å². The summed E-state index contributed by atoms with van der Waals surface area (Å²) >= 11 is 0. The van der Waals surface area contributed by atoms with Gasteiger partial charge < -0.3 is 14.6 Å². The molecule has 3 heteroatoms. The first-order valence-electron chi connectivity index (χ1n) is 6.92. The summed E-state index contributed by atoms with van der Waals surface area (Å²) in [5.74, 6) is 1.61. The molecule has 0 spiro atoms. The molecular formula is C16H24N2O. The van der Waals surface area contributed by atoms with Gasteiger partial charge in [-0.3, -0.25) is 0 Å². The van der Waals surface area contributed by atoms with Crippen molar-refractivity contribution in [1.29, 1.82) is 0 Å². The van der Waals surface area contributed by atoms with Crippen molar-refractivity contribution in [3.8, 4) is 0 Å². The molecule has 2 rings (SSSR count). The lowest BCUT2D eigenvalue weighted by molar-refractivity contribution is 0.283. The summed E-state index contributed by atoms with van der Waals surface area (Å²) in [6.45, 7) is 6.32. The summed E-state index contributed by atoms with van der Waals surface area (Å²) < 4.78 is 5.83. The fourth-order valence-corrected chi connectivity index (χ4v) is 2.26. The third-order valence-electron chi connectivity index (χ3n) is 3.38. The van der Waals surface area contributed by atoms with Gasteiger partial charge in [0.1, 0.15) is 11.3 Å². The van der Waals surface area contributed by atoms with Crippen molar-refractivity contribution in [2.24, 2.45) is 5.92 Å². The maximum atomic E-state index is 5.83. The highest BCUT2D eigenvalue weighted by Gasteiger charge is 2.14. The van der Waals surface area contributed by atoms with Crippen LogP contribution < -0.4 is 5.32 Å². The molecule has 1 aromatic heterocycles. The number of para-hydroxylation sites is 1. The lowest BCUT2D eigenvalue weighted by atomic mass is 10.0. The lowest BCUT2D eigenvalue weighted by Gasteiger charge is -2.25. The Morgan fingerprint density at radius 3 is 2.58 bits per heavy atom. The van der Waals surface area contributed by atoms with Crippen molar-refractivity contribution in [2.75, 3.05) is 20.6 Å². The number of nitrogens with zero attached hydrogens (tertiary/aromatic N) is 1. The summed E-state index contributed by atoms with van der Waals surface area (Å²) in [6, 6.07) is 10.7. The van der Waals surface area contributed by atoms with Crippen LogP contribution in [0.5, 0.6) is 0 Å². The van der Waals surface area contributed by atoms with Crippen LogP contribution in [0.2, 0.25) is 0 Å². The molecule has 1 unspecified atom stereocenters. The molecule has 0 saturated carbocycles. The van der Waals surface area contributed by atoms with Gasteiger partial charge in [-0.05, 0) is 32.1 Å². The minimum absolute atomic E-state index is 0.475. The fraction of sp³-hybridized carbons (Fsp3) is 0.500. The summed E-state index contributed by atoms with van der Waals surface area (Å²) in [4.78, 5) is 2.22. The highest BCUT2D eigenvalue weighted by atomic mass is 16.3. The zero-order valence-corrected chi connectivity index (χ0v) is 12.3. The molecule has 104 valence electrons. The topological polar surface area (TPSA) is 28.4 Å². The molecule has 1 heterocycles. The van der Waals surface area contributed by atoms with Gasteiger partial charge in [0, 0.05) is 18.0 Å². The standard InChI is InChI=1S/C16H24N2O/c1-12(2)15(11-18(3)4)17-10-14-9-13-7-5-6-8-16(13)19-14/h5-9,12,15,17H,10-11H2,1-4H3. The van der Waals surface area contributed by atoms with Crippen molar-refractivity contribution in [3.63, 3.8) is 0 Å². The Balaban J connectivity index is 2.00. The number of fused-ring (bicyclic) bond motifs is 1. The van der Waals surface area contributed by atoms with Gasteiger partial charge in [0.05, 0.1) is 6.54 Å². The molecule has 0 saturated heterocycles. The molecule has 0 aliphatic carbocycles. The molecular weight excluding hydrogens is 236 g/mol. The second-order valence-electron chi connectivity index (χ2n) is 5.74. The average Bonchev–Trinajstić information content (AvgIpc) is 2.76. The van der Waals surface area contributed by atoms with E-state index in [0.717, 1.165) is 24.4 Å². The van der Waals surface area contributed by atoms with Crippen LogP contribution in [-0.2, 0) is 6.54 Å². The Morgan fingerprint density at radius 2 is 1.95 bits per heavy atom. The Kier molecular flexibility index (Phi) is 4.61. The molecule has 1 atom stereocenters.